The number of hydrogen-bond donors (Lipinski definition) is 2. The predicted molar refractivity (Wildman–Crippen MR) is 139 cm³/mol. The molecular weight excluding hydrogens is 519 g/mol. The summed E-state index contributed by atoms with van der Waals surface area (Å²) in [4.78, 5) is -0.205. The van der Waals surface area contributed by atoms with E-state index in [0.29, 0.717) is 11.5 Å². The normalized spacial score (nSPS) is 17.7. The van der Waals surface area contributed by atoms with Crippen LogP contribution in [0.4, 0.5) is 0 Å². The van der Waals surface area contributed by atoms with Crippen LogP contribution in [0.1, 0.15) is 64.2 Å². The lowest BCUT2D eigenvalue weighted by molar-refractivity contribution is 0.150. The Morgan fingerprint density at radius 2 is 1.00 bits per heavy atom. The monoisotopic (exact) mass is 552 g/mol. The summed E-state index contributed by atoms with van der Waals surface area (Å²) in [7, 11) is -8.19. The van der Waals surface area contributed by atoms with Crippen molar-refractivity contribution < 1.29 is 35.6 Å². The Labute approximate surface area is 219 Å². The van der Waals surface area contributed by atoms with E-state index in [1.807, 2.05) is 0 Å². The standard InChI is InChI=1S/C24H33BN2O8S2/c26-36(28,29)23-13-11-19(15-21(23)32-17-7-3-1-4-8-17)34-25-35-20-12-14-24(37(27,30)31)22(16-20)33-18-9-5-2-6-10-18/h11-18,25H,1-10H2,(H2,26,28,29)(H2,27,30,31). The summed E-state index contributed by atoms with van der Waals surface area (Å²) in [5, 5.41) is 10.8. The molecule has 0 aliphatic heterocycles. The molecule has 202 valence electrons. The first-order valence-corrected chi connectivity index (χ1v) is 15.6. The highest BCUT2D eigenvalue weighted by Crippen LogP contribution is 2.33. The highest BCUT2D eigenvalue weighted by Gasteiger charge is 2.23. The lowest BCUT2D eigenvalue weighted by Gasteiger charge is -2.24. The molecule has 10 nitrogen and oxygen atoms in total. The van der Waals surface area contributed by atoms with Crippen molar-refractivity contribution in [2.24, 2.45) is 10.3 Å². The number of nitrogens with two attached hydrogens (primary N) is 2. The van der Waals surface area contributed by atoms with Gasteiger partial charge in [-0.2, -0.15) is 0 Å². The van der Waals surface area contributed by atoms with Crippen molar-refractivity contribution >= 4 is 27.7 Å². The fourth-order valence-electron chi connectivity index (χ4n) is 4.70. The molecule has 0 heterocycles. The maximum atomic E-state index is 12.0. The van der Waals surface area contributed by atoms with Crippen LogP contribution >= 0.6 is 0 Å². The third kappa shape index (κ3) is 7.76. The molecule has 0 aromatic heterocycles. The SMILES string of the molecule is NS(=O)(=O)c1ccc(OBOc2ccc(S(N)(=O)=O)c(OC3CCCCC3)c2)cc1OC1CCCCC1. The molecule has 2 saturated carbocycles. The topological polar surface area (TPSA) is 157 Å². The second-order valence-corrected chi connectivity index (χ2v) is 12.5. The van der Waals surface area contributed by atoms with Crippen molar-refractivity contribution in [3.05, 3.63) is 36.4 Å². The molecule has 0 radical (unpaired) electrons. The largest absolute Gasteiger partial charge is 0.576 e. The lowest BCUT2D eigenvalue weighted by atomic mass is 9.98. The second kappa shape index (κ2) is 11.9. The first kappa shape index (κ1) is 27.6. The van der Waals surface area contributed by atoms with Gasteiger partial charge in [-0.25, -0.2) is 27.1 Å². The molecule has 0 atom stereocenters. The van der Waals surface area contributed by atoms with Gasteiger partial charge in [0.15, 0.2) is 0 Å². The van der Waals surface area contributed by atoms with Gasteiger partial charge in [0, 0.05) is 12.1 Å². The van der Waals surface area contributed by atoms with Crippen LogP contribution < -0.4 is 29.1 Å². The minimum Gasteiger partial charge on any atom is -0.528 e. The molecule has 4 rings (SSSR count). The van der Waals surface area contributed by atoms with E-state index in [0.717, 1.165) is 64.2 Å². The second-order valence-electron chi connectivity index (χ2n) is 9.47. The number of primary sulfonamides is 2. The number of ether oxygens (including phenoxy) is 2. The molecule has 2 aliphatic rings. The van der Waals surface area contributed by atoms with E-state index < -0.39 is 20.0 Å². The molecule has 4 N–H and O–H groups in total. The molecule has 2 aliphatic carbocycles. The highest BCUT2D eigenvalue weighted by molar-refractivity contribution is 7.89. The van der Waals surface area contributed by atoms with Gasteiger partial charge >= 0.3 is 7.69 Å². The average molecular weight is 552 g/mol. The Hall–Kier alpha value is -2.48. The van der Waals surface area contributed by atoms with E-state index in [2.05, 4.69) is 0 Å². The third-order valence-corrected chi connectivity index (χ3v) is 8.49. The van der Waals surface area contributed by atoms with Crippen molar-refractivity contribution in [3.63, 3.8) is 0 Å². The zero-order chi connectivity index (χ0) is 26.5. The maximum Gasteiger partial charge on any atom is 0.576 e. The van der Waals surface area contributed by atoms with E-state index in [1.165, 1.54) is 36.4 Å². The Morgan fingerprint density at radius 1 is 0.622 bits per heavy atom. The lowest BCUT2D eigenvalue weighted by Crippen LogP contribution is -2.22. The summed E-state index contributed by atoms with van der Waals surface area (Å²) in [5.74, 6) is 0.955. The van der Waals surface area contributed by atoms with Gasteiger partial charge in [0.05, 0.1) is 12.2 Å². The van der Waals surface area contributed by atoms with Gasteiger partial charge in [0.1, 0.15) is 32.8 Å². The Kier molecular flexibility index (Phi) is 8.88. The minimum absolute atomic E-state index is 0.0827. The van der Waals surface area contributed by atoms with Crippen molar-refractivity contribution in [3.8, 4) is 23.0 Å². The van der Waals surface area contributed by atoms with Crippen molar-refractivity contribution in [1.82, 2.24) is 0 Å². The van der Waals surface area contributed by atoms with Crippen LogP contribution in [-0.4, -0.2) is 36.7 Å². The number of benzene rings is 2. The number of sulfonamides is 2. The Morgan fingerprint density at radius 3 is 1.35 bits per heavy atom. The molecule has 2 aromatic carbocycles. The smallest absolute Gasteiger partial charge is 0.528 e. The molecule has 0 amide bonds. The summed E-state index contributed by atoms with van der Waals surface area (Å²) in [6, 6.07) is 8.61. The molecule has 2 aromatic rings. The van der Waals surface area contributed by atoms with Gasteiger partial charge < -0.3 is 18.8 Å². The zero-order valence-corrected chi connectivity index (χ0v) is 22.3. The van der Waals surface area contributed by atoms with Crippen LogP contribution in [-0.2, 0) is 20.0 Å². The van der Waals surface area contributed by atoms with Crippen molar-refractivity contribution in [1.29, 1.82) is 0 Å². The summed E-state index contributed by atoms with van der Waals surface area (Å²) in [5.41, 5.74) is 0. The van der Waals surface area contributed by atoms with Gasteiger partial charge in [-0.15, -0.1) is 0 Å². The fourth-order valence-corrected chi connectivity index (χ4v) is 5.99. The predicted octanol–water partition coefficient (Wildman–Crippen LogP) is 3.13. The van der Waals surface area contributed by atoms with Gasteiger partial charge in [0.25, 0.3) is 0 Å². The van der Waals surface area contributed by atoms with E-state index in [4.69, 9.17) is 29.1 Å². The van der Waals surface area contributed by atoms with Gasteiger partial charge in [0.2, 0.25) is 20.0 Å². The molecule has 13 heteroatoms. The molecular formula is C24H33BN2O8S2. The first-order valence-electron chi connectivity index (χ1n) is 12.5. The quantitative estimate of drug-likeness (QED) is 0.426. The summed E-state index contributed by atoms with van der Waals surface area (Å²) in [6.45, 7) is 0. The Balaban J connectivity index is 1.45. The zero-order valence-electron chi connectivity index (χ0n) is 20.6. The van der Waals surface area contributed by atoms with Gasteiger partial charge in [-0.05, 0) is 75.6 Å². The van der Waals surface area contributed by atoms with Crippen LogP contribution in [0.15, 0.2) is 46.2 Å². The number of rotatable bonds is 10. The summed E-state index contributed by atoms with van der Waals surface area (Å²) in [6.07, 6.45) is 9.58. The molecule has 0 unspecified atom stereocenters. The van der Waals surface area contributed by atoms with Crippen LogP contribution in [0.3, 0.4) is 0 Å². The maximum absolute atomic E-state index is 12.0. The Bertz CT molecular complexity index is 1190. The van der Waals surface area contributed by atoms with Crippen LogP contribution in [0.25, 0.3) is 0 Å². The van der Waals surface area contributed by atoms with E-state index in [9.17, 15) is 16.8 Å². The molecule has 0 spiro atoms. The summed E-state index contributed by atoms with van der Waals surface area (Å²) < 4.78 is 71.5. The van der Waals surface area contributed by atoms with Gasteiger partial charge in [-0.1, -0.05) is 12.8 Å². The number of hydrogen-bond acceptors (Lipinski definition) is 8. The summed E-state index contributed by atoms with van der Waals surface area (Å²) >= 11 is 0. The fraction of sp³-hybridized carbons (Fsp3) is 0.500. The highest BCUT2D eigenvalue weighted by atomic mass is 32.2. The molecule has 0 bridgehead atoms. The van der Waals surface area contributed by atoms with Crippen LogP contribution in [0.2, 0.25) is 0 Å². The third-order valence-electron chi connectivity index (χ3n) is 6.59. The molecule has 0 saturated heterocycles. The van der Waals surface area contributed by atoms with Gasteiger partial charge in [-0.3, -0.25) is 0 Å². The average Bonchev–Trinajstić information content (AvgIpc) is 2.84. The molecule has 37 heavy (non-hydrogen) atoms. The van der Waals surface area contributed by atoms with E-state index in [1.54, 1.807) is 0 Å². The van der Waals surface area contributed by atoms with Crippen LogP contribution in [0.5, 0.6) is 23.0 Å². The van der Waals surface area contributed by atoms with Crippen LogP contribution in [0, 0.1) is 0 Å². The van der Waals surface area contributed by atoms with E-state index >= 15 is 0 Å². The first-order chi connectivity index (χ1) is 17.6. The van der Waals surface area contributed by atoms with Crippen molar-refractivity contribution in [2.75, 3.05) is 0 Å². The molecule has 2 fully saturated rings. The van der Waals surface area contributed by atoms with E-state index in [-0.39, 0.29) is 41.2 Å². The van der Waals surface area contributed by atoms with Crippen molar-refractivity contribution in [2.45, 2.75) is 86.2 Å². The minimum atomic E-state index is -3.98.